The fourth-order valence-corrected chi connectivity index (χ4v) is 0.578. The van der Waals surface area contributed by atoms with Crippen molar-refractivity contribution in [3.8, 4) is 0 Å². The van der Waals surface area contributed by atoms with Gasteiger partial charge in [0.1, 0.15) is 0 Å². The second-order valence-corrected chi connectivity index (χ2v) is 2.89. The van der Waals surface area contributed by atoms with Gasteiger partial charge in [-0.25, -0.2) is 0 Å². The second-order valence-electron chi connectivity index (χ2n) is 2.89. The maximum atomic E-state index is 3.81. The van der Waals surface area contributed by atoms with Crippen molar-refractivity contribution in [3.63, 3.8) is 0 Å². The predicted molar refractivity (Wildman–Crippen MR) is 51.4 cm³/mol. The first-order chi connectivity index (χ1) is 5.04. The minimum atomic E-state index is 0.904. The van der Waals surface area contributed by atoms with Crippen LogP contribution in [0.5, 0.6) is 0 Å². The van der Waals surface area contributed by atoms with Gasteiger partial charge >= 0.3 is 0 Å². The van der Waals surface area contributed by atoms with Crippen LogP contribution in [0.25, 0.3) is 0 Å². The summed E-state index contributed by atoms with van der Waals surface area (Å²) in [6.45, 7) is 16.2. The van der Waals surface area contributed by atoms with Crippen molar-refractivity contribution in [1.82, 2.24) is 5.32 Å². The molecular formula is C10H17N. The third-order valence-electron chi connectivity index (χ3n) is 1.41. The molecule has 0 heterocycles. The lowest BCUT2D eigenvalue weighted by atomic mass is 10.2. The summed E-state index contributed by atoms with van der Waals surface area (Å²) in [7, 11) is 0. The van der Waals surface area contributed by atoms with Gasteiger partial charge in [-0.2, -0.15) is 0 Å². The molecule has 0 unspecified atom stereocenters. The molecule has 0 aliphatic carbocycles. The zero-order chi connectivity index (χ0) is 8.85. The van der Waals surface area contributed by atoms with Gasteiger partial charge in [0, 0.05) is 12.2 Å². The largest absolute Gasteiger partial charge is 0.385 e. The zero-order valence-corrected chi connectivity index (χ0v) is 7.54. The molecular weight excluding hydrogens is 134 g/mol. The molecule has 0 aromatic rings. The maximum absolute atomic E-state index is 3.81. The molecule has 0 rings (SSSR count). The van der Waals surface area contributed by atoms with Gasteiger partial charge in [0.2, 0.25) is 0 Å². The standard InChI is InChI=1S/C10H17N/c1-8(2)6-7-11-10(5)9(3)4/h11H,1,3,5-7H2,2,4H3. The average Bonchev–Trinajstić information content (AvgIpc) is 1.86. The van der Waals surface area contributed by atoms with E-state index in [1.54, 1.807) is 0 Å². The molecule has 0 saturated heterocycles. The lowest BCUT2D eigenvalue weighted by molar-refractivity contribution is 0.793. The summed E-state index contributed by atoms with van der Waals surface area (Å²) >= 11 is 0. The average molecular weight is 151 g/mol. The van der Waals surface area contributed by atoms with Crippen molar-refractivity contribution in [3.05, 3.63) is 36.6 Å². The van der Waals surface area contributed by atoms with Crippen LogP contribution >= 0.6 is 0 Å². The highest BCUT2D eigenvalue weighted by Crippen LogP contribution is 1.99. The third kappa shape index (κ3) is 5.46. The van der Waals surface area contributed by atoms with Crippen LogP contribution in [-0.4, -0.2) is 6.54 Å². The predicted octanol–water partition coefficient (Wildman–Crippen LogP) is 2.63. The summed E-state index contributed by atoms with van der Waals surface area (Å²) in [5.74, 6) is 0. The Balaban J connectivity index is 3.47. The van der Waals surface area contributed by atoms with E-state index in [2.05, 4.69) is 25.1 Å². The van der Waals surface area contributed by atoms with Crippen molar-refractivity contribution in [2.45, 2.75) is 20.3 Å². The molecule has 0 aromatic heterocycles. The summed E-state index contributed by atoms with van der Waals surface area (Å²) < 4.78 is 0. The highest BCUT2D eigenvalue weighted by molar-refractivity contribution is 5.20. The molecule has 0 atom stereocenters. The van der Waals surface area contributed by atoms with E-state index in [-0.39, 0.29) is 0 Å². The molecule has 1 nitrogen and oxygen atoms in total. The van der Waals surface area contributed by atoms with Gasteiger partial charge in [-0.15, -0.1) is 6.58 Å². The van der Waals surface area contributed by atoms with Crippen LogP contribution in [0.2, 0.25) is 0 Å². The number of hydrogen-bond acceptors (Lipinski definition) is 1. The first kappa shape index (κ1) is 10.0. The summed E-state index contributed by atoms with van der Waals surface area (Å²) in [6, 6.07) is 0. The number of hydrogen-bond donors (Lipinski definition) is 1. The van der Waals surface area contributed by atoms with Crippen molar-refractivity contribution >= 4 is 0 Å². The molecule has 0 radical (unpaired) electrons. The Labute approximate surface area is 69.5 Å². The second kappa shape index (κ2) is 4.78. The molecule has 62 valence electrons. The van der Waals surface area contributed by atoms with Gasteiger partial charge in [0.05, 0.1) is 0 Å². The molecule has 1 heteroatoms. The summed E-state index contributed by atoms with van der Waals surface area (Å²) in [5, 5.41) is 3.16. The maximum Gasteiger partial charge on any atom is 0.0290 e. The molecule has 11 heavy (non-hydrogen) atoms. The van der Waals surface area contributed by atoms with Crippen LogP contribution in [-0.2, 0) is 0 Å². The van der Waals surface area contributed by atoms with Gasteiger partial charge < -0.3 is 5.32 Å². The smallest absolute Gasteiger partial charge is 0.0290 e. The van der Waals surface area contributed by atoms with E-state index < -0.39 is 0 Å². The third-order valence-corrected chi connectivity index (χ3v) is 1.41. The van der Waals surface area contributed by atoms with Crippen molar-refractivity contribution < 1.29 is 0 Å². The molecule has 0 fully saturated rings. The Bertz CT molecular complexity index is 177. The van der Waals surface area contributed by atoms with Gasteiger partial charge in [-0.3, -0.25) is 0 Å². The monoisotopic (exact) mass is 151 g/mol. The quantitative estimate of drug-likeness (QED) is 0.470. The minimum absolute atomic E-state index is 0.904. The number of allylic oxidation sites excluding steroid dienone is 1. The highest BCUT2D eigenvalue weighted by Gasteiger charge is 1.91. The molecule has 0 spiro atoms. The van der Waals surface area contributed by atoms with E-state index in [9.17, 15) is 0 Å². The normalized spacial score (nSPS) is 8.91. The van der Waals surface area contributed by atoms with E-state index in [0.717, 1.165) is 24.2 Å². The first-order valence-electron chi connectivity index (χ1n) is 3.77. The number of nitrogens with one attached hydrogen (secondary N) is 1. The van der Waals surface area contributed by atoms with Crippen molar-refractivity contribution in [2.75, 3.05) is 6.54 Å². The summed E-state index contributed by atoms with van der Waals surface area (Å²) in [4.78, 5) is 0. The topological polar surface area (TPSA) is 12.0 Å². The first-order valence-corrected chi connectivity index (χ1v) is 3.77. The molecule has 0 aliphatic rings. The van der Waals surface area contributed by atoms with Crippen LogP contribution in [0.4, 0.5) is 0 Å². The van der Waals surface area contributed by atoms with Gasteiger partial charge in [-0.05, 0) is 25.8 Å². The lowest BCUT2D eigenvalue weighted by Gasteiger charge is -2.07. The van der Waals surface area contributed by atoms with Gasteiger partial charge in [0.25, 0.3) is 0 Å². The Morgan fingerprint density at radius 1 is 1.18 bits per heavy atom. The van der Waals surface area contributed by atoms with E-state index in [0.29, 0.717) is 0 Å². The van der Waals surface area contributed by atoms with Crippen LogP contribution in [0.15, 0.2) is 36.6 Å². The molecule has 0 saturated carbocycles. The van der Waals surface area contributed by atoms with Crippen molar-refractivity contribution in [2.24, 2.45) is 0 Å². The Morgan fingerprint density at radius 2 is 1.73 bits per heavy atom. The summed E-state index contributed by atoms with van der Waals surface area (Å²) in [6.07, 6.45) is 0.992. The van der Waals surface area contributed by atoms with Gasteiger partial charge in [-0.1, -0.05) is 18.7 Å². The van der Waals surface area contributed by atoms with Gasteiger partial charge in [0.15, 0.2) is 0 Å². The number of rotatable bonds is 5. The van der Waals surface area contributed by atoms with Crippen molar-refractivity contribution in [1.29, 1.82) is 0 Å². The Morgan fingerprint density at radius 3 is 2.09 bits per heavy atom. The minimum Gasteiger partial charge on any atom is -0.385 e. The Hall–Kier alpha value is -0.980. The van der Waals surface area contributed by atoms with E-state index in [1.807, 2.05) is 13.8 Å². The Kier molecular flexibility index (Phi) is 4.35. The van der Waals surface area contributed by atoms with E-state index in [1.165, 1.54) is 5.57 Å². The molecule has 1 N–H and O–H groups in total. The molecule has 0 aromatic carbocycles. The molecule has 0 amide bonds. The summed E-state index contributed by atoms with van der Waals surface area (Å²) in [5.41, 5.74) is 3.10. The van der Waals surface area contributed by atoms with E-state index in [4.69, 9.17) is 0 Å². The van der Waals surface area contributed by atoms with Crippen LogP contribution in [0.1, 0.15) is 20.3 Å². The zero-order valence-electron chi connectivity index (χ0n) is 7.54. The fraction of sp³-hybridized carbons (Fsp3) is 0.400. The van der Waals surface area contributed by atoms with Crippen LogP contribution in [0.3, 0.4) is 0 Å². The fourth-order valence-electron chi connectivity index (χ4n) is 0.578. The molecule has 0 aliphatic heterocycles. The van der Waals surface area contributed by atoms with Crippen LogP contribution in [0, 0.1) is 0 Å². The SMILES string of the molecule is C=C(C)CCNC(=C)C(=C)C. The van der Waals surface area contributed by atoms with E-state index >= 15 is 0 Å². The lowest BCUT2D eigenvalue weighted by Crippen LogP contribution is -2.14. The highest BCUT2D eigenvalue weighted by atomic mass is 14.9. The molecule has 0 bridgehead atoms. The van der Waals surface area contributed by atoms with Crippen LogP contribution < -0.4 is 5.32 Å².